The summed E-state index contributed by atoms with van der Waals surface area (Å²) in [7, 11) is 3.13. The maximum Gasteiger partial charge on any atom is 0.344 e. The van der Waals surface area contributed by atoms with Crippen LogP contribution in [0.1, 0.15) is 16.2 Å². The summed E-state index contributed by atoms with van der Waals surface area (Å²) in [5.74, 6) is 0.381. The third kappa shape index (κ3) is 2.25. The molecule has 0 aromatic carbocycles. The van der Waals surface area contributed by atoms with Crippen LogP contribution in [0, 0.1) is 0 Å². The van der Waals surface area contributed by atoms with Crippen LogP contribution in [0.4, 0.5) is 10.8 Å². The molecule has 2 aromatic rings. The fraction of sp³-hybridized carbons (Fsp3) is 0.333. The van der Waals surface area contributed by atoms with Gasteiger partial charge in [0, 0.05) is 7.05 Å². The van der Waals surface area contributed by atoms with Gasteiger partial charge in [0.1, 0.15) is 16.9 Å². The Labute approximate surface area is 107 Å². The van der Waals surface area contributed by atoms with E-state index in [1.165, 1.54) is 7.11 Å². The topological polar surface area (TPSA) is 108 Å². The molecule has 0 aliphatic rings. The number of aromatic nitrogens is 4. The third-order valence-corrected chi connectivity index (χ3v) is 3.14. The van der Waals surface area contributed by atoms with E-state index in [1.807, 2.05) is 7.05 Å². The van der Waals surface area contributed by atoms with Crippen molar-refractivity contribution >= 4 is 28.3 Å². The van der Waals surface area contributed by atoms with Crippen LogP contribution < -0.4 is 11.1 Å². The zero-order valence-corrected chi connectivity index (χ0v) is 10.7. The van der Waals surface area contributed by atoms with Crippen molar-refractivity contribution in [1.29, 1.82) is 0 Å². The fourth-order valence-corrected chi connectivity index (χ4v) is 2.05. The minimum absolute atomic E-state index is 0.160. The van der Waals surface area contributed by atoms with E-state index in [4.69, 9.17) is 5.73 Å². The smallest absolute Gasteiger partial charge is 0.344 e. The maximum atomic E-state index is 11.5. The number of nitrogen functional groups attached to an aromatic ring is 1. The number of carbonyl (C=O) groups is 1. The normalized spacial score (nSPS) is 10.3. The summed E-state index contributed by atoms with van der Waals surface area (Å²) >= 11 is 1.10. The molecular weight excluding hydrogens is 256 g/mol. The Morgan fingerprint density at radius 3 is 3.06 bits per heavy atom. The van der Waals surface area contributed by atoms with Crippen LogP contribution in [0.25, 0.3) is 0 Å². The minimum atomic E-state index is -0.512. The standard InChI is InChI=1S/C9H12N6O2S/c1-15-4-12-13-5(15)3-11-8-6(9(16)17-2)7(10)14-18-8/h4,11H,3H2,1-2H3,(H2,10,14). The molecule has 0 spiro atoms. The Morgan fingerprint density at radius 2 is 2.44 bits per heavy atom. The summed E-state index contributed by atoms with van der Waals surface area (Å²) in [6.07, 6.45) is 1.60. The van der Waals surface area contributed by atoms with Gasteiger partial charge in [-0.25, -0.2) is 4.79 Å². The van der Waals surface area contributed by atoms with Crippen LogP contribution in [0.15, 0.2) is 6.33 Å². The molecule has 0 amide bonds. The van der Waals surface area contributed by atoms with Crippen LogP contribution >= 0.6 is 11.5 Å². The molecule has 2 rings (SSSR count). The number of anilines is 2. The summed E-state index contributed by atoms with van der Waals surface area (Å²) in [5.41, 5.74) is 5.88. The molecule has 0 bridgehead atoms. The lowest BCUT2D eigenvalue weighted by molar-refractivity contribution is 0.0603. The second-order valence-corrected chi connectivity index (χ2v) is 4.25. The van der Waals surface area contributed by atoms with Crippen LogP contribution in [-0.2, 0) is 18.3 Å². The zero-order valence-electron chi connectivity index (χ0n) is 9.88. The molecule has 2 heterocycles. The number of hydrogen-bond donors (Lipinski definition) is 2. The van der Waals surface area contributed by atoms with Crippen molar-refractivity contribution in [3.63, 3.8) is 0 Å². The Kier molecular flexibility index (Phi) is 3.42. The van der Waals surface area contributed by atoms with E-state index in [9.17, 15) is 4.79 Å². The van der Waals surface area contributed by atoms with Gasteiger partial charge in [-0.15, -0.1) is 10.2 Å². The average Bonchev–Trinajstić information content (AvgIpc) is 2.92. The van der Waals surface area contributed by atoms with Crippen molar-refractivity contribution in [3.8, 4) is 0 Å². The highest BCUT2D eigenvalue weighted by atomic mass is 32.1. The van der Waals surface area contributed by atoms with Gasteiger partial charge >= 0.3 is 5.97 Å². The Bertz CT molecular complexity index is 563. The second-order valence-electron chi connectivity index (χ2n) is 3.48. The molecule has 0 unspecified atom stereocenters. The fourth-order valence-electron chi connectivity index (χ4n) is 1.35. The number of aryl methyl sites for hydroxylation is 1. The lowest BCUT2D eigenvalue weighted by Gasteiger charge is -2.05. The van der Waals surface area contributed by atoms with E-state index in [0.29, 0.717) is 11.5 Å². The molecule has 9 heteroatoms. The zero-order chi connectivity index (χ0) is 13.1. The highest BCUT2D eigenvalue weighted by Gasteiger charge is 2.20. The van der Waals surface area contributed by atoms with Crippen LogP contribution in [0.5, 0.6) is 0 Å². The number of nitrogens with one attached hydrogen (secondary N) is 1. The molecule has 3 N–H and O–H groups in total. The predicted octanol–water partition coefficient (Wildman–Crippen LogP) is 0.252. The van der Waals surface area contributed by atoms with Crippen LogP contribution in [-0.4, -0.2) is 32.2 Å². The molecule has 0 fully saturated rings. The number of ether oxygens (including phenoxy) is 1. The average molecular weight is 268 g/mol. The molecule has 18 heavy (non-hydrogen) atoms. The van der Waals surface area contributed by atoms with E-state index in [0.717, 1.165) is 17.4 Å². The van der Waals surface area contributed by atoms with E-state index in [2.05, 4.69) is 24.6 Å². The molecule has 0 radical (unpaired) electrons. The van der Waals surface area contributed by atoms with Gasteiger partial charge in [0.05, 0.1) is 13.7 Å². The monoisotopic (exact) mass is 268 g/mol. The quantitative estimate of drug-likeness (QED) is 0.765. The second kappa shape index (κ2) is 5.00. The van der Waals surface area contributed by atoms with Crippen molar-refractivity contribution in [2.45, 2.75) is 6.54 Å². The summed E-state index contributed by atoms with van der Waals surface area (Å²) in [6.45, 7) is 0.419. The molecular formula is C9H12N6O2S. The molecule has 8 nitrogen and oxygen atoms in total. The van der Waals surface area contributed by atoms with Gasteiger partial charge in [0.2, 0.25) is 0 Å². The van der Waals surface area contributed by atoms with Crippen molar-refractivity contribution in [1.82, 2.24) is 19.1 Å². The van der Waals surface area contributed by atoms with Crippen LogP contribution in [0.3, 0.4) is 0 Å². The SMILES string of the molecule is COC(=O)c1c(N)nsc1NCc1nncn1C. The van der Waals surface area contributed by atoms with Crippen molar-refractivity contribution in [3.05, 3.63) is 17.7 Å². The molecule has 96 valence electrons. The highest BCUT2D eigenvalue weighted by molar-refractivity contribution is 7.11. The van der Waals surface area contributed by atoms with Crippen molar-refractivity contribution in [2.75, 3.05) is 18.2 Å². The van der Waals surface area contributed by atoms with Gasteiger partial charge in [0.25, 0.3) is 0 Å². The summed E-state index contributed by atoms with van der Waals surface area (Å²) < 4.78 is 10.3. The summed E-state index contributed by atoms with van der Waals surface area (Å²) in [6, 6.07) is 0. The van der Waals surface area contributed by atoms with Gasteiger partial charge in [-0.3, -0.25) is 0 Å². The van der Waals surface area contributed by atoms with Gasteiger partial charge in [-0.2, -0.15) is 4.37 Å². The lowest BCUT2D eigenvalue weighted by Crippen LogP contribution is -2.10. The number of methoxy groups -OCH3 is 1. The molecule has 0 aliphatic heterocycles. The first kappa shape index (κ1) is 12.3. The first-order valence-corrected chi connectivity index (χ1v) is 5.81. The van der Waals surface area contributed by atoms with E-state index >= 15 is 0 Å². The van der Waals surface area contributed by atoms with Crippen molar-refractivity contribution < 1.29 is 9.53 Å². The number of nitrogens with zero attached hydrogens (tertiary/aromatic N) is 4. The lowest BCUT2D eigenvalue weighted by atomic mass is 10.3. The minimum Gasteiger partial charge on any atom is -0.465 e. The number of hydrogen-bond acceptors (Lipinski definition) is 8. The van der Waals surface area contributed by atoms with Gasteiger partial charge < -0.3 is 20.4 Å². The van der Waals surface area contributed by atoms with Crippen molar-refractivity contribution in [2.24, 2.45) is 7.05 Å². The largest absolute Gasteiger partial charge is 0.465 e. The maximum absolute atomic E-state index is 11.5. The van der Waals surface area contributed by atoms with E-state index < -0.39 is 5.97 Å². The summed E-state index contributed by atoms with van der Waals surface area (Å²) in [5, 5.41) is 11.3. The number of rotatable bonds is 4. The number of carbonyl (C=O) groups excluding carboxylic acids is 1. The molecule has 0 atom stereocenters. The molecule has 0 saturated heterocycles. The first-order chi connectivity index (χ1) is 8.63. The van der Waals surface area contributed by atoms with Crippen LogP contribution in [0.2, 0.25) is 0 Å². The molecule has 2 aromatic heterocycles. The Hall–Kier alpha value is -2.16. The highest BCUT2D eigenvalue weighted by Crippen LogP contribution is 2.27. The first-order valence-electron chi connectivity index (χ1n) is 5.03. The van der Waals surface area contributed by atoms with Gasteiger partial charge in [0.15, 0.2) is 11.6 Å². The van der Waals surface area contributed by atoms with Gasteiger partial charge in [-0.05, 0) is 11.5 Å². The molecule has 0 saturated carbocycles. The third-order valence-electron chi connectivity index (χ3n) is 2.32. The number of nitrogens with two attached hydrogens (primary N) is 1. The van der Waals surface area contributed by atoms with Gasteiger partial charge in [-0.1, -0.05) is 0 Å². The van der Waals surface area contributed by atoms with E-state index in [1.54, 1.807) is 10.9 Å². The summed E-state index contributed by atoms with van der Waals surface area (Å²) in [4.78, 5) is 11.5. The predicted molar refractivity (Wildman–Crippen MR) is 66.2 cm³/mol. The van der Waals surface area contributed by atoms with E-state index in [-0.39, 0.29) is 11.4 Å². The molecule has 0 aliphatic carbocycles. The Morgan fingerprint density at radius 1 is 1.67 bits per heavy atom. The Balaban J connectivity index is 2.15. The number of esters is 1.